The molecule has 0 radical (unpaired) electrons. The van der Waals surface area contributed by atoms with E-state index in [9.17, 15) is 23.1 Å². The molecule has 1 aliphatic heterocycles. The lowest BCUT2D eigenvalue weighted by atomic mass is 9.71. The quantitative estimate of drug-likeness (QED) is 0.191. The molecular weight excluding hydrogens is 538 g/mol. The molecule has 222 valence electrons. The number of rotatable bonds is 12. The van der Waals surface area contributed by atoms with E-state index >= 15 is 4.39 Å². The van der Waals surface area contributed by atoms with Gasteiger partial charge in [0.05, 0.1) is 30.9 Å². The minimum Gasteiger partial charge on any atom is -0.497 e. The fourth-order valence-electron chi connectivity index (χ4n) is 5.94. The third-order valence-electron chi connectivity index (χ3n) is 8.25. The van der Waals surface area contributed by atoms with E-state index in [1.54, 1.807) is 31.5 Å². The topological polar surface area (TPSA) is 65.9 Å². The van der Waals surface area contributed by atoms with E-state index in [1.807, 2.05) is 19.0 Å². The van der Waals surface area contributed by atoms with Gasteiger partial charge < -0.3 is 19.6 Å². The summed E-state index contributed by atoms with van der Waals surface area (Å²) in [6.07, 6.45) is 2.71. The lowest BCUT2D eigenvalue weighted by Crippen LogP contribution is -2.41. The number of carboxylic acids is 1. The largest absolute Gasteiger partial charge is 0.497 e. The first-order chi connectivity index (χ1) is 19.5. The fourth-order valence-corrected chi connectivity index (χ4v) is 5.94. The van der Waals surface area contributed by atoms with Crippen molar-refractivity contribution in [2.24, 2.45) is 5.41 Å². The van der Waals surface area contributed by atoms with Gasteiger partial charge in [0.1, 0.15) is 17.7 Å². The minimum absolute atomic E-state index is 0.00655. The van der Waals surface area contributed by atoms with E-state index in [2.05, 4.69) is 9.88 Å². The van der Waals surface area contributed by atoms with Gasteiger partial charge in [0.2, 0.25) is 0 Å². The molecule has 2 heterocycles. The molecule has 2 aromatic carbocycles. The summed E-state index contributed by atoms with van der Waals surface area (Å²) in [7, 11) is 5.22. The number of ether oxygens (including phenoxy) is 1. The van der Waals surface area contributed by atoms with E-state index in [1.165, 1.54) is 0 Å². The van der Waals surface area contributed by atoms with Crippen molar-refractivity contribution < 1.29 is 32.2 Å². The maximum atomic E-state index is 16.1. The summed E-state index contributed by atoms with van der Waals surface area (Å²) in [4.78, 5) is 20.3. The van der Waals surface area contributed by atoms with Crippen LogP contribution in [0.4, 0.5) is 23.2 Å². The van der Waals surface area contributed by atoms with Crippen molar-refractivity contribution in [2.75, 3.05) is 45.7 Å². The zero-order chi connectivity index (χ0) is 29.7. The number of carboxylic acid groups (broad SMARTS) is 1. The van der Waals surface area contributed by atoms with Gasteiger partial charge in [-0.3, -0.25) is 9.78 Å². The Morgan fingerprint density at radius 3 is 2.56 bits per heavy atom. The number of likely N-dealkylation sites (tertiary alicyclic amines) is 1. The number of pyridine rings is 1. The number of anilines is 1. The molecule has 0 bridgehead atoms. The third-order valence-corrected chi connectivity index (χ3v) is 8.25. The van der Waals surface area contributed by atoms with Crippen LogP contribution in [0.15, 0.2) is 36.5 Å². The number of alkyl halides is 1. The smallest absolute Gasteiger partial charge is 0.303 e. The number of fused-ring (bicyclic) bond motifs is 1. The van der Waals surface area contributed by atoms with E-state index in [0.29, 0.717) is 79.3 Å². The molecule has 41 heavy (non-hydrogen) atoms. The van der Waals surface area contributed by atoms with E-state index < -0.39 is 35.0 Å². The second-order valence-corrected chi connectivity index (χ2v) is 11.2. The van der Waals surface area contributed by atoms with Gasteiger partial charge in [-0.1, -0.05) is 0 Å². The minimum atomic E-state index is -1.34. The average molecular weight is 576 g/mol. The Morgan fingerprint density at radius 1 is 1.17 bits per heavy atom. The first kappa shape index (κ1) is 30.6. The Hall–Kier alpha value is -3.40. The molecule has 0 aliphatic carbocycles. The molecule has 6 nitrogen and oxygen atoms in total. The van der Waals surface area contributed by atoms with Gasteiger partial charge in [-0.15, -0.1) is 0 Å². The number of methoxy groups -OCH3 is 1. The molecule has 4 rings (SSSR count). The van der Waals surface area contributed by atoms with Crippen LogP contribution < -0.4 is 9.64 Å². The number of hydrogen-bond donors (Lipinski definition) is 1. The molecule has 1 fully saturated rings. The molecule has 1 saturated heterocycles. The summed E-state index contributed by atoms with van der Waals surface area (Å²) in [5, 5.41) is 10.4. The summed E-state index contributed by atoms with van der Waals surface area (Å²) >= 11 is 0. The standard InChI is InChI=1S/C31H37F4N3O3/c1-37(2)27-19-36-26-7-6-22(41-3)17-23(26)29(27)24(33)8-9-31(18-28(39)40)10-13-38(14-11-31)12-4-5-20-15-21(32)16-25(34)30(20)35/h6-7,15-17,19,24H,4-5,8-14,18H2,1-3H3,(H,39,40)/t24-/m1/s1. The monoisotopic (exact) mass is 575 g/mol. The Labute approximate surface area is 237 Å². The molecule has 0 unspecified atom stereocenters. The van der Waals surface area contributed by atoms with E-state index in [4.69, 9.17) is 4.74 Å². The zero-order valence-electron chi connectivity index (χ0n) is 23.7. The van der Waals surface area contributed by atoms with Crippen LogP contribution in [-0.4, -0.2) is 61.8 Å². The van der Waals surface area contributed by atoms with E-state index in [-0.39, 0.29) is 24.8 Å². The van der Waals surface area contributed by atoms with Gasteiger partial charge >= 0.3 is 5.97 Å². The summed E-state index contributed by atoms with van der Waals surface area (Å²) < 4.78 is 62.5. The molecule has 1 atom stereocenters. The van der Waals surface area contributed by atoms with Crippen molar-refractivity contribution in [1.29, 1.82) is 0 Å². The van der Waals surface area contributed by atoms with Gasteiger partial charge in [0.15, 0.2) is 11.6 Å². The van der Waals surface area contributed by atoms with Gasteiger partial charge in [-0.25, -0.2) is 17.6 Å². The predicted octanol–water partition coefficient (Wildman–Crippen LogP) is 6.71. The Morgan fingerprint density at radius 2 is 1.90 bits per heavy atom. The number of carbonyl (C=O) groups is 1. The van der Waals surface area contributed by atoms with Crippen molar-refractivity contribution in [1.82, 2.24) is 9.88 Å². The second kappa shape index (κ2) is 13.1. The molecule has 0 amide bonds. The summed E-state index contributed by atoms with van der Waals surface area (Å²) in [6, 6.07) is 6.91. The number of aromatic nitrogens is 1. The van der Waals surface area contributed by atoms with Crippen LogP contribution in [-0.2, 0) is 11.2 Å². The number of nitrogens with zero attached hydrogens (tertiary/aromatic N) is 3. The Kier molecular flexibility index (Phi) is 9.73. The summed E-state index contributed by atoms with van der Waals surface area (Å²) in [5.74, 6) is -3.34. The lowest BCUT2D eigenvalue weighted by Gasteiger charge is -2.41. The van der Waals surface area contributed by atoms with Gasteiger partial charge in [0, 0.05) is 31.1 Å². The number of aliphatic carboxylic acids is 1. The third kappa shape index (κ3) is 7.28. The molecule has 0 saturated carbocycles. The van der Waals surface area contributed by atoms with Crippen molar-refractivity contribution in [3.8, 4) is 5.75 Å². The normalized spacial score (nSPS) is 16.1. The predicted molar refractivity (Wildman–Crippen MR) is 151 cm³/mol. The SMILES string of the molecule is COc1ccc2ncc(N(C)C)c([C@H](F)CCC3(CC(=O)O)CCN(CCCc4cc(F)cc(F)c4F)CC3)c2c1. The average Bonchev–Trinajstić information content (AvgIpc) is 2.94. The number of hydrogen-bond acceptors (Lipinski definition) is 5. The summed E-state index contributed by atoms with van der Waals surface area (Å²) in [5.41, 5.74) is 1.29. The molecule has 1 aromatic heterocycles. The van der Waals surface area contributed by atoms with Crippen LogP contribution in [0.5, 0.6) is 5.75 Å². The number of aryl methyl sites for hydroxylation is 1. The highest BCUT2D eigenvalue weighted by molar-refractivity contribution is 5.88. The summed E-state index contributed by atoms with van der Waals surface area (Å²) in [6.45, 7) is 1.81. The molecule has 1 N–H and O–H groups in total. The highest BCUT2D eigenvalue weighted by Gasteiger charge is 2.37. The van der Waals surface area contributed by atoms with Crippen LogP contribution in [0.2, 0.25) is 0 Å². The van der Waals surface area contributed by atoms with Gasteiger partial charge in [-0.2, -0.15) is 0 Å². The highest BCUT2D eigenvalue weighted by atomic mass is 19.2. The maximum Gasteiger partial charge on any atom is 0.303 e. The zero-order valence-corrected chi connectivity index (χ0v) is 23.7. The van der Waals surface area contributed by atoms with Crippen molar-refractivity contribution >= 4 is 22.6 Å². The molecule has 3 aromatic rings. The first-order valence-electron chi connectivity index (χ1n) is 13.9. The van der Waals surface area contributed by atoms with Gasteiger partial charge in [0.25, 0.3) is 0 Å². The van der Waals surface area contributed by atoms with Crippen LogP contribution in [0, 0.1) is 22.9 Å². The fraction of sp³-hybridized carbons (Fsp3) is 0.484. The second-order valence-electron chi connectivity index (χ2n) is 11.2. The highest BCUT2D eigenvalue weighted by Crippen LogP contribution is 2.44. The van der Waals surface area contributed by atoms with Crippen LogP contribution in [0.1, 0.15) is 55.8 Å². The van der Waals surface area contributed by atoms with Crippen molar-refractivity contribution in [2.45, 2.75) is 51.1 Å². The van der Waals surface area contributed by atoms with Crippen molar-refractivity contribution in [3.05, 3.63) is 65.1 Å². The number of piperidine rings is 1. The van der Waals surface area contributed by atoms with Crippen LogP contribution >= 0.6 is 0 Å². The first-order valence-corrected chi connectivity index (χ1v) is 13.9. The maximum absolute atomic E-state index is 16.1. The van der Waals surface area contributed by atoms with Crippen LogP contribution in [0.25, 0.3) is 10.9 Å². The Balaban J connectivity index is 1.43. The van der Waals surface area contributed by atoms with Gasteiger partial charge in [-0.05, 0) is 93.4 Å². The number of benzene rings is 2. The molecule has 0 spiro atoms. The van der Waals surface area contributed by atoms with Crippen LogP contribution in [0.3, 0.4) is 0 Å². The Bertz CT molecular complexity index is 1380. The van der Waals surface area contributed by atoms with E-state index in [0.717, 1.165) is 6.07 Å². The number of halogens is 4. The molecular formula is C31H37F4N3O3. The lowest BCUT2D eigenvalue weighted by molar-refractivity contribution is -0.141. The molecule has 10 heteroatoms. The van der Waals surface area contributed by atoms with Crippen molar-refractivity contribution in [3.63, 3.8) is 0 Å². The molecule has 1 aliphatic rings.